The van der Waals surface area contributed by atoms with E-state index in [4.69, 9.17) is 0 Å². The van der Waals surface area contributed by atoms with Gasteiger partial charge in [-0.2, -0.15) is 26.3 Å². The molecule has 0 amide bonds. The molecule has 0 aromatic rings. The van der Waals surface area contributed by atoms with Crippen LogP contribution in [0.25, 0.3) is 0 Å². The first-order valence-electron chi connectivity index (χ1n) is 7.60. The summed E-state index contributed by atoms with van der Waals surface area (Å²) >= 11 is 0. The maximum Gasteiger partial charge on any atom is 0.390 e. The van der Waals surface area contributed by atoms with Crippen LogP contribution >= 0.6 is 0 Å². The van der Waals surface area contributed by atoms with Gasteiger partial charge in [-0.15, -0.1) is 0 Å². The SMILES string of the molecule is CCC(C)(CC(F)(F)F)C(=O)/C(C)=C(\O)C(C)(CC)CC(F)(F)F. The number of ketones is 1. The Morgan fingerprint density at radius 2 is 1.17 bits per heavy atom. The van der Waals surface area contributed by atoms with E-state index in [1.807, 2.05) is 0 Å². The second kappa shape index (κ2) is 7.35. The molecule has 0 saturated carbocycles. The highest BCUT2D eigenvalue weighted by Crippen LogP contribution is 2.44. The van der Waals surface area contributed by atoms with E-state index in [-0.39, 0.29) is 12.8 Å². The van der Waals surface area contributed by atoms with E-state index in [1.165, 1.54) is 13.8 Å². The van der Waals surface area contributed by atoms with Crippen molar-refractivity contribution in [2.75, 3.05) is 0 Å². The number of allylic oxidation sites excluding steroid dienone is 2. The minimum atomic E-state index is -4.60. The third kappa shape index (κ3) is 6.02. The molecule has 0 heterocycles. The largest absolute Gasteiger partial charge is 0.511 e. The summed E-state index contributed by atoms with van der Waals surface area (Å²) in [6.45, 7) is 6.12. The van der Waals surface area contributed by atoms with Gasteiger partial charge in [0, 0.05) is 16.4 Å². The van der Waals surface area contributed by atoms with Gasteiger partial charge in [0.25, 0.3) is 0 Å². The van der Waals surface area contributed by atoms with Crippen molar-refractivity contribution in [1.82, 2.24) is 0 Å². The topological polar surface area (TPSA) is 37.3 Å². The fourth-order valence-electron chi connectivity index (χ4n) is 2.64. The van der Waals surface area contributed by atoms with Gasteiger partial charge in [0.1, 0.15) is 5.76 Å². The smallest absolute Gasteiger partial charge is 0.390 e. The van der Waals surface area contributed by atoms with Crippen LogP contribution in [0.4, 0.5) is 26.3 Å². The molecular formula is C16H24F6O2. The molecule has 0 rings (SSSR count). The van der Waals surface area contributed by atoms with E-state index < -0.39 is 53.1 Å². The van der Waals surface area contributed by atoms with Gasteiger partial charge in [-0.3, -0.25) is 4.79 Å². The highest BCUT2D eigenvalue weighted by Gasteiger charge is 2.46. The second-order valence-electron chi connectivity index (χ2n) is 6.72. The summed E-state index contributed by atoms with van der Waals surface area (Å²) in [5.41, 5.74) is -4.04. The molecular weight excluding hydrogens is 338 g/mol. The van der Waals surface area contributed by atoms with Gasteiger partial charge in [0.05, 0.1) is 12.8 Å². The van der Waals surface area contributed by atoms with E-state index in [2.05, 4.69) is 0 Å². The lowest BCUT2D eigenvalue weighted by molar-refractivity contribution is -0.164. The molecule has 0 aliphatic rings. The van der Waals surface area contributed by atoms with Crippen LogP contribution in [-0.4, -0.2) is 23.2 Å². The van der Waals surface area contributed by atoms with E-state index in [0.717, 1.165) is 20.8 Å². The molecule has 0 fully saturated rings. The maximum absolute atomic E-state index is 12.7. The molecule has 0 aromatic carbocycles. The number of Topliss-reactive ketones (excluding diaryl/α,β-unsaturated/α-hetero) is 1. The molecule has 0 aromatic heterocycles. The molecule has 1 N–H and O–H groups in total. The van der Waals surface area contributed by atoms with Crippen LogP contribution in [0.15, 0.2) is 11.3 Å². The van der Waals surface area contributed by atoms with Crippen molar-refractivity contribution < 1.29 is 36.2 Å². The van der Waals surface area contributed by atoms with Crippen molar-refractivity contribution in [3.8, 4) is 0 Å². The van der Waals surface area contributed by atoms with Gasteiger partial charge in [0.2, 0.25) is 0 Å². The Morgan fingerprint density at radius 3 is 1.46 bits per heavy atom. The van der Waals surface area contributed by atoms with E-state index in [0.29, 0.717) is 0 Å². The zero-order valence-corrected chi connectivity index (χ0v) is 14.5. The normalized spacial score (nSPS) is 19.3. The summed E-state index contributed by atoms with van der Waals surface area (Å²) in [5, 5.41) is 10.2. The Bertz CT molecular complexity index is 492. The number of hydrogen-bond acceptors (Lipinski definition) is 2. The Morgan fingerprint density at radius 1 is 0.833 bits per heavy atom. The number of carbonyl (C=O) groups is 1. The molecule has 0 radical (unpaired) electrons. The Labute approximate surface area is 137 Å². The van der Waals surface area contributed by atoms with Gasteiger partial charge in [0.15, 0.2) is 5.78 Å². The minimum Gasteiger partial charge on any atom is -0.511 e. The second-order valence-corrected chi connectivity index (χ2v) is 6.72. The average Bonchev–Trinajstić information content (AvgIpc) is 2.40. The van der Waals surface area contributed by atoms with E-state index in [1.54, 1.807) is 0 Å². The van der Waals surface area contributed by atoms with Crippen molar-refractivity contribution in [3.05, 3.63) is 11.3 Å². The number of rotatable bonds is 7. The fourth-order valence-corrected chi connectivity index (χ4v) is 2.64. The molecule has 2 unspecified atom stereocenters. The summed E-state index contributed by atoms with van der Waals surface area (Å²) in [6, 6.07) is 0. The number of halogens is 6. The van der Waals surface area contributed by atoms with Gasteiger partial charge in [-0.05, 0) is 19.8 Å². The van der Waals surface area contributed by atoms with Crippen LogP contribution in [0.1, 0.15) is 60.3 Å². The first-order valence-corrected chi connectivity index (χ1v) is 7.60. The molecule has 2 atom stereocenters. The predicted molar refractivity (Wildman–Crippen MR) is 78.5 cm³/mol. The standard InChI is InChI=1S/C16H24F6O2/c1-6-13(4,8-15(17,18)19)11(23)10(3)12(24)14(5,7-2)9-16(20,21)22/h23H,6-9H2,1-5H3/b11-10-. The van der Waals surface area contributed by atoms with E-state index >= 15 is 0 Å². The first kappa shape index (κ1) is 22.8. The number of alkyl halides is 6. The van der Waals surface area contributed by atoms with Crippen molar-refractivity contribution in [3.63, 3.8) is 0 Å². The molecule has 24 heavy (non-hydrogen) atoms. The molecule has 0 bridgehead atoms. The molecule has 0 saturated heterocycles. The van der Waals surface area contributed by atoms with Gasteiger partial charge in [-0.25, -0.2) is 0 Å². The Kier molecular flexibility index (Phi) is 6.98. The van der Waals surface area contributed by atoms with Crippen LogP contribution in [-0.2, 0) is 4.79 Å². The lowest BCUT2D eigenvalue weighted by Crippen LogP contribution is -2.35. The highest BCUT2D eigenvalue weighted by atomic mass is 19.4. The molecule has 0 spiro atoms. The van der Waals surface area contributed by atoms with Gasteiger partial charge < -0.3 is 5.11 Å². The van der Waals surface area contributed by atoms with Crippen LogP contribution in [0.3, 0.4) is 0 Å². The number of aliphatic hydroxyl groups excluding tert-OH is 1. The predicted octanol–water partition coefficient (Wildman–Crippen LogP) is 6.12. The number of hydrogen-bond donors (Lipinski definition) is 1. The monoisotopic (exact) mass is 362 g/mol. The van der Waals surface area contributed by atoms with Crippen LogP contribution in [0, 0.1) is 10.8 Å². The summed E-state index contributed by atoms with van der Waals surface area (Å²) in [5.74, 6) is -1.78. The van der Waals surface area contributed by atoms with Gasteiger partial charge >= 0.3 is 12.4 Å². The Hall–Kier alpha value is -1.21. The number of aliphatic hydroxyl groups is 1. The maximum atomic E-state index is 12.7. The number of carbonyl (C=O) groups excluding carboxylic acids is 1. The van der Waals surface area contributed by atoms with E-state index in [9.17, 15) is 36.2 Å². The van der Waals surface area contributed by atoms with Crippen LogP contribution in [0.5, 0.6) is 0 Å². The third-order valence-electron chi connectivity index (χ3n) is 4.56. The summed E-state index contributed by atoms with van der Waals surface area (Å²) in [7, 11) is 0. The fraction of sp³-hybridized carbons (Fsp3) is 0.812. The molecule has 0 aliphatic heterocycles. The van der Waals surface area contributed by atoms with Gasteiger partial charge in [-0.1, -0.05) is 27.7 Å². The van der Waals surface area contributed by atoms with Crippen molar-refractivity contribution in [2.45, 2.75) is 72.7 Å². The molecule has 0 aliphatic carbocycles. The summed E-state index contributed by atoms with van der Waals surface area (Å²) < 4.78 is 76.3. The Balaban J connectivity index is 5.86. The molecule has 2 nitrogen and oxygen atoms in total. The zero-order valence-electron chi connectivity index (χ0n) is 14.5. The quantitative estimate of drug-likeness (QED) is 0.336. The zero-order chi connectivity index (χ0) is 19.6. The summed E-state index contributed by atoms with van der Waals surface area (Å²) in [4.78, 5) is 12.4. The lowest BCUT2D eigenvalue weighted by Gasteiger charge is -2.33. The lowest BCUT2D eigenvalue weighted by atomic mass is 9.73. The van der Waals surface area contributed by atoms with Crippen molar-refractivity contribution >= 4 is 5.78 Å². The minimum absolute atomic E-state index is 0.120. The van der Waals surface area contributed by atoms with Crippen LogP contribution in [0.2, 0.25) is 0 Å². The first-order chi connectivity index (χ1) is 10.5. The third-order valence-corrected chi connectivity index (χ3v) is 4.56. The van der Waals surface area contributed by atoms with Crippen molar-refractivity contribution in [2.24, 2.45) is 10.8 Å². The van der Waals surface area contributed by atoms with Crippen molar-refractivity contribution in [1.29, 1.82) is 0 Å². The molecule has 142 valence electrons. The molecule has 8 heteroatoms. The summed E-state index contributed by atoms with van der Waals surface area (Å²) in [6.07, 6.45) is -12.2. The highest BCUT2D eigenvalue weighted by molar-refractivity contribution is 5.99. The average molecular weight is 362 g/mol. The van der Waals surface area contributed by atoms with Crippen LogP contribution < -0.4 is 0 Å².